The van der Waals surface area contributed by atoms with Gasteiger partial charge in [-0.05, 0) is 43.9 Å². The van der Waals surface area contributed by atoms with Crippen LogP contribution in [-0.2, 0) is 14.4 Å². The zero-order chi connectivity index (χ0) is 18.5. The van der Waals surface area contributed by atoms with Crippen molar-refractivity contribution in [2.24, 2.45) is 5.41 Å². The van der Waals surface area contributed by atoms with Gasteiger partial charge < -0.3 is 15.7 Å². The van der Waals surface area contributed by atoms with Crippen molar-refractivity contribution in [3.05, 3.63) is 23.3 Å². The van der Waals surface area contributed by atoms with Gasteiger partial charge in [0.2, 0.25) is 11.8 Å². The predicted molar refractivity (Wildman–Crippen MR) is 94.1 cm³/mol. The van der Waals surface area contributed by atoms with Gasteiger partial charge in [0.1, 0.15) is 0 Å². The number of hydrogen-bond donors (Lipinski definition) is 3. The van der Waals surface area contributed by atoms with Gasteiger partial charge in [-0.2, -0.15) is 0 Å². The maximum Gasteiger partial charge on any atom is 0.310 e. The molecule has 0 aliphatic rings. The van der Waals surface area contributed by atoms with Crippen molar-refractivity contribution in [3.63, 3.8) is 0 Å². The van der Waals surface area contributed by atoms with Crippen molar-refractivity contribution in [3.8, 4) is 0 Å². The third-order valence-corrected chi connectivity index (χ3v) is 4.55. The molecule has 0 atom stereocenters. The van der Waals surface area contributed by atoms with Gasteiger partial charge >= 0.3 is 5.97 Å². The zero-order valence-electron chi connectivity index (χ0n) is 14.9. The van der Waals surface area contributed by atoms with Gasteiger partial charge in [-0.3, -0.25) is 14.4 Å². The molecular formula is C18H26N2O4. The van der Waals surface area contributed by atoms with Crippen LogP contribution < -0.4 is 10.6 Å². The van der Waals surface area contributed by atoms with E-state index in [2.05, 4.69) is 10.6 Å². The van der Waals surface area contributed by atoms with Crippen LogP contribution in [0.2, 0.25) is 0 Å². The number of carbonyl (C=O) groups is 3. The lowest BCUT2D eigenvalue weighted by molar-refractivity contribution is -0.151. The monoisotopic (exact) mass is 334 g/mol. The fraction of sp³-hybridized carbons (Fsp3) is 0.500. The van der Waals surface area contributed by atoms with E-state index >= 15 is 0 Å². The van der Waals surface area contributed by atoms with Crippen molar-refractivity contribution in [1.29, 1.82) is 0 Å². The number of carboxylic acid groups (broad SMARTS) is 1. The molecule has 1 rings (SSSR count). The highest BCUT2D eigenvalue weighted by Crippen LogP contribution is 2.32. The van der Waals surface area contributed by atoms with Crippen LogP contribution in [0.25, 0.3) is 0 Å². The number of aryl methyl sites for hydroxylation is 1. The molecule has 0 unspecified atom stereocenters. The first kappa shape index (κ1) is 19.7. The van der Waals surface area contributed by atoms with E-state index in [0.717, 1.165) is 11.1 Å². The average Bonchev–Trinajstić information content (AvgIpc) is 2.51. The number of amides is 2. The lowest BCUT2D eigenvalue weighted by Gasteiger charge is -2.26. The minimum absolute atomic E-state index is 0.0852. The van der Waals surface area contributed by atoms with E-state index in [9.17, 15) is 19.5 Å². The van der Waals surface area contributed by atoms with Gasteiger partial charge in [-0.1, -0.05) is 19.9 Å². The number of carboxylic acids is 1. The summed E-state index contributed by atoms with van der Waals surface area (Å²) in [6, 6.07) is 3.56. The minimum Gasteiger partial charge on any atom is -0.481 e. The van der Waals surface area contributed by atoms with E-state index in [1.54, 1.807) is 32.9 Å². The van der Waals surface area contributed by atoms with Crippen LogP contribution in [-0.4, -0.2) is 22.9 Å². The lowest BCUT2D eigenvalue weighted by Crippen LogP contribution is -2.34. The Morgan fingerprint density at radius 3 is 2.12 bits per heavy atom. The minimum atomic E-state index is -1.05. The fourth-order valence-electron chi connectivity index (χ4n) is 2.73. The van der Waals surface area contributed by atoms with Gasteiger partial charge in [0.15, 0.2) is 0 Å². The van der Waals surface area contributed by atoms with Crippen molar-refractivity contribution < 1.29 is 19.5 Å². The Hall–Kier alpha value is -2.37. The fourth-order valence-corrected chi connectivity index (χ4v) is 2.73. The molecule has 0 aliphatic heterocycles. The summed E-state index contributed by atoms with van der Waals surface area (Å²) in [5, 5.41) is 15.0. The molecule has 24 heavy (non-hydrogen) atoms. The molecule has 6 heteroatoms. The lowest BCUT2D eigenvalue weighted by atomic mass is 9.79. The molecule has 0 radical (unpaired) electrons. The van der Waals surface area contributed by atoms with Crippen LogP contribution in [0.3, 0.4) is 0 Å². The van der Waals surface area contributed by atoms with Gasteiger partial charge in [0, 0.05) is 24.7 Å². The molecular weight excluding hydrogens is 308 g/mol. The summed E-state index contributed by atoms with van der Waals surface area (Å²) >= 11 is 0. The number of rotatable bonds is 7. The number of aliphatic carboxylic acids is 1. The molecule has 0 heterocycles. The number of anilines is 2. The Balaban J connectivity index is 3.03. The van der Waals surface area contributed by atoms with E-state index in [-0.39, 0.29) is 18.2 Å². The van der Waals surface area contributed by atoms with Crippen molar-refractivity contribution >= 4 is 29.2 Å². The third-order valence-electron chi connectivity index (χ3n) is 4.55. The SMILES string of the molecule is CCC(CC)(CC(=O)Nc1ccc(C)c(NC(C)=O)c1C)C(=O)O. The predicted octanol–water partition coefficient (Wildman–Crippen LogP) is 3.48. The van der Waals surface area contributed by atoms with Crippen molar-refractivity contribution in [2.45, 2.75) is 53.9 Å². The summed E-state index contributed by atoms with van der Waals surface area (Å²) in [6.45, 7) is 8.65. The number of carbonyl (C=O) groups excluding carboxylic acids is 2. The highest BCUT2D eigenvalue weighted by molar-refractivity contribution is 5.97. The van der Waals surface area contributed by atoms with E-state index in [4.69, 9.17) is 0 Å². The highest BCUT2D eigenvalue weighted by atomic mass is 16.4. The van der Waals surface area contributed by atoms with Gasteiger partial charge in [-0.25, -0.2) is 0 Å². The Bertz CT molecular complexity index is 649. The van der Waals surface area contributed by atoms with Gasteiger partial charge in [0.25, 0.3) is 0 Å². The summed E-state index contributed by atoms with van der Waals surface area (Å²) < 4.78 is 0. The first-order valence-corrected chi connectivity index (χ1v) is 8.08. The molecule has 1 aromatic carbocycles. The molecule has 132 valence electrons. The Morgan fingerprint density at radius 1 is 1.08 bits per heavy atom. The van der Waals surface area contributed by atoms with Crippen LogP contribution in [0.1, 0.15) is 51.2 Å². The average molecular weight is 334 g/mol. The van der Waals surface area contributed by atoms with E-state index in [1.807, 2.05) is 6.92 Å². The summed E-state index contributed by atoms with van der Waals surface area (Å²) in [4.78, 5) is 35.2. The Morgan fingerprint density at radius 2 is 1.67 bits per heavy atom. The maximum absolute atomic E-state index is 12.4. The topological polar surface area (TPSA) is 95.5 Å². The summed E-state index contributed by atoms with van der Waals surface area (Å²) in [6.07, 6.45) is 0.685. The van der Waals surface area contributed by atoms with Crippen LogP contribution >= 0.6 is 0 Å². The van der Waals surface area contributed by atoms with Gasteiger partial charge in [0.05, 0.1) is 5.41 Å². The molecule has 0 saturated carbocycles. The second-order valence-electron chi connectivity index (χ2n) is 6.13. The standard InChI is InChI=1S/C18H26N2O4/c1-6-18(7-2,17(23)24)10-15(22)20-14-9-8-11(3)16(12(14)4)19-13(5)21/h8-9H,6-7,10H2,1-5H3,(H,19,21)(H,20,22)(H,23,24). The molecule has 0 fully saturated rings. The van der Waals surface area contributed by atoms with E-state index in [1.165, 1.54) is 6.92 Å². The molecule has 2 amide bonds. The van der Waals surface area contributed by atoms with Crippen molar-refractivity contribution in [1.82, 2.24) is 0 Å². The van der Waals surface area contributed by atoms with E-state index in [0.29, 0.717) is 24.2 Å². The zero-order valence-corrected chi connectivity index (χ0v) is 14.9. The van der Waals surface area contributed by atoms with Crippen molar-refractivity contribution in [2.75, 3.05) is 10.6 Å². The molecule has 0 bridgehead atoms. The molecule has 1 aromatic rings. The molecule has 0 saturated heterocycles. The molecule has 0 aromatic heterocycles. The molecule has 0 aliphatic carbocycles. The highest BCUT2D eigenvalue weighted by Gasteiger charge is 2.37. The Labute approximate surface area is 142 Å². The second kappa shape index (κ2) is 7.95. The molecule has 6 nitrogen and oxygen atoms in total. The number of hydrogen-bond acceptors (Lipinski definition) is 3. The number of nitrogens with one attached hydrogen (secondary N) is 2. The number of benzene rings is 1. The first-order valence-electron chi connectivity index (χ1n) is 8.08. The van der Waals surface area contributed by atoms with E-state index < -0.39 is 11.4 Å². The molecule has 0 spiro atoms. The van der Waals surface area contributed by atoms with Crippen LogP contribution in [0.4, 0.5) is 11.4 Å². The Kier molecular flexibility index (Phi) is 6.51. The quantitative estimate of drug-likeness (QED) is 0.711. The largest absolute Gasteiger partial charge is 0.481 e. The maximum atomic E-state index is 12.4. The summed E-state index contributed by atoms with van der Waals surface area (Å²) in [7, 11) is 0. The third kappa shape index (κ3) is 4.34. The summed E-state index contributed by atoms with van der Waals surface area (Å²) in [5.41, 5.74) is 1.81. The van der Waals surface area contributed by atoms with Gasteiger partial charge in [-0.15, -0.1) is 0 Å². The normalized spacial score (nSPS) is 11.0. The van der Waals surface area contributed by atoms with Crippen LogP contribution in [0.5, 0.6) is 0 Å². The smallest absolute Gasteiger partial charge is 0.310 e. The molecule has 3 N–H and O–H groups in total. The van der Waals surface area contributed by atoms with Crippen LogP contribution in [0.15, 0.2) is 12.1 Å². The second-order valence-corrected chi connectivity index (χ2v) is 6.13. The first-order chi connectivity index (χ1) is 11.2. The van der Waals surface area contributed by atoms with Crippen LogP contribution in [0, 0.1) is 19.3 Å². The summed E-state index contributed by atoms with van der Waals surface area (Å²) in [5.74, 6) is -1.49.